The Morgan fingerprint density at radius 3 is 0.921 bits per heavy atom. The van der Waals surface area contributed by atoms with Crippen LogP contribution in [-0.4, -0.2) is 37.2 Å². The molecule has 0 spiro atoms. The van der Waals surface area contributed by atoms with Crippen molar-refractivity contribution in [2.24, 2.45) is 0 Å². The van der Waals surface area contributed by atoms with Crippen molar-refractivity contribution in [1.29, 1.82) is 0 Å². The van der Waals surface area contributed by atoms with Crippen LogP contribution in [0.15, 0.2) is 36.5 Å². The van der Waals surface area contributed by atoms with Gasteiger partial charge < -0.3 is 14.2 Å². The largest absolute Gasteiger partial charge is 0.462 e. The summed E-state index contributed by atoms with van der Waals surface area (Å²) in [5.41, 5.74) is 0. The number of unbranched alkanes of at least 4 members (excludes halogenated alkanes) is 33. The van der Waals surface area contributed by atoms with Gasteiger partial charge in [0.25, 0.3) is 0 Å². The van der Waals surface area contributed by atoms with Gasteiger partial charge in [-0.05, 0) is 77.0 Å². The molecule has 63 heavy (non-hydrogen) atoms. The van der Waals surface area contributed by atoms with E-state index in [-0.39, 0.29) is 31.1 Å². The summed E-state index contributed by atoms with van der Waals surface area (Å²) in [6.45, 7) is 6.62. The van der Waals surface area contributed by atoms with Crippen LogP contribution in [0.25, 0.3) is 0 Å². The van der Waals surface area contributed by atoms with Crippen LogP contribution in [0.1, 0.15) is 290 Å². The number of carbonyl (C=O) groups excluding carboxylic acids is 3. The number of allylic oxidation sites excluding steroid dienone is 6. The van der Waals surface area contributed by atoms with Crippen molar-refractivity contribution in [3.63, 3.8) is 0 Å². The van der Waals surface area contributed by atoms with Gasteiger partial charge in [-0.3, -0.25) is 14.4 Å². The van der Waals surface area contributed by atoms with Crippen LogP contribution >= 0.6 is 0 Å². The summed E-state index contributed by atoms with van der Waals surface area (Å²) >= 11 is 0. The van der Waals surface area contributed by atoms with E-state index in [2.05, 4.69) is 57.2 Å². The van der Waals surface area contributed by atoms with E-state index in [1.54, 1.807) is 0 Å². The number of esters is 3. The molecular formula is C57H104O6. The third-order valence-electron chi connectivity index (χ3n) is 12.1. The molecule has 0 bridgehead atoms. The average Bonchev–Trinajstić information content (AvgIpc) is 3.28. The van der Waals surface area contributed by atoms with E-state index in [4.69, 9.17) is 14.2 Å². The summed E-state index contributed by atoms with van der Waals surface area (Å²) < 4.78 is 16.8. The Balaban J connectivity index is 4.38. The normalized spacial score (nSPS) is 12.2. The van der Waals surface area contributed by atoms with Crippen LogP contribution in [0.4, 0.5) is 0 Å². The molecule has 0 fully saturated rings. The van der Waals surface area contributed by atoms with Crippen LogP contribution in [0.5, 0.6) is 0 Å². The first-order valence-electron chi connectivity index (χ1n) is 27.5. The predicted octanol–water partition coefficient (Wildman–Crippen LogP) is 18.1. The van der Waals surface area contributed by atoms with Crippen molar-refractivity contribution in [3.05, 3.63) is 36.5 Å². The molecule has 368 valence electrons. The second kappa shape index (κ2) is 52.3. The molecule has 6 nitrogen and oxygen atoms in total. The number of rotatable bonds is 50. The van der Waals surface area contributed by atoms with Crippen LogP contribution in [0.2, 0.25) is 0 Å². The minimum Gasteiger partial charge on any atom is -0.462 e. The zero-order valence-corrected chi connectivity index (χ0v) is 42.1. The minimum absolute atomic E-state index is 0.0772. The Bertz CT molecular complexity index is 1060. The Kier molecular flexibility index (Phi) is 50.3. The van der Waals surface area contributed by atoms with Gasteiger partial charge in [-0.2, -0.15) is 0 Å². The van der Waals surface area contributed by atoms with Crippen molar-refractivity contribution in [3.8, 4) is 0 Å². The molecule has 0 heterocycles. The van der Waals surface area contributed by atoms with Crippen molar-refractivity contribution < 1.29 is 28.6 Å². The first-order valence-corrected chi connectivity index (χ1v) is 27.5. The highest BCUT2D eigenvalue weighted by molar-refractivity contribution is 5.71. The molecule has 0 aliphatic carbocycles. The van der Waals surface area contributed by atoms with Crippen molar-refractivity contribution in [2.75, 3.05) is 13.2 Å². The van der Waals surface area contributed by atoms with E-state index < -0.39 is 6.10 Å². The monoisotopic (exact) mass is 885 g/mol. The van der Waals surface area contributed by atoms with Crippen molar-refractivity contribution >= 4 is 17.9 Å². The summed E-state index contributed by atoms with van der Waals surface area (Å²) in [6, 6.07) is 0. The van der Waals surface area contributed by atoms with Gasteiger partial charge in [-0.25, -0.2) is 0 Å². The lowest BCUT2D eigenvalue weighted by molar-refractivity contribution is -0.167. The maximum absolute atomic E-state index is 12.8. The fourth-order valence-corrected chi connectivity index (χ4v) is 7.94. The summed E-state index contributed by atoms with van der Waals surface area (Å²) in [5, 5.41) is 0. The quantitative estimate of drug-likeness (QED) is 0.0262. The third kappa shape index (κ3) is 50.5. The Morgan fingerprint density at radius 2 is 0.571 bits per heavy atom. The second-order valence-electron chi connectivity index (χ2n) is 18.5. The maximum atomic E-state index is 12.8. The second-order valence-corrected chi connectivity index (χ2v) is 18.5. The van der Waals surface area contributed by atoms with E-state index >= 15 is 0 Å². The molecule has 0 aliphatic rings. The molecule has 6 heteroatoms. The lowest BCUT2D eigenvalue weighted by Gasteiger charge is -2.18. The number of carbonyl (C=O) groups is 3. The first-order chi connectivity index (χ1) is 31.0. The molecule has 0 N–H and O–H groups in total. The van der Waals surface area contributed by atoms with Crippen LogP contribution in [-0.2, 0) is 28.6 Å². The highest BCUT2D eigenvalue weighted by Crippen LogP contribution is 2.16. The average molecular weight is 885 g/mol. The van der Waals surface area contributed by atoms with Crippen LogP contribution < -0.4 is 0 Å². The Labute approximate surface area is 391 Å². The smallest absolute Gasteiger partial charge is 0.306 e. The molecular weight excluding hydrogens is 781 g/mol. The highest BCUT2D eigenvalue weighted by Gasteiger charge is 2.19. The zero-order chi connectivity index (χ0) is 45.8. The fourth-order valence-electron chi connectivity index (χ4n) is 7.94. The zero-order valence-electron chi connectivity index (χ0n) is 42.1. The molecule has 0 radical (unpaired) electrons. The van der Waals surface area contributed by atoms with E-state index in [1.165, 1.54) is 161 Å². The van der Waals surface area contributed by atoms with Gasteiger partial charge in [0.15, 0.2) is 6.10 Å². The summed E-state index contributed by atoms with van der Waals surface area (Å²) in [5.74, 6) is -0.886. The van der Waals surface area contributed by atoms with E-state index in [1.807, 2.05) is 0 Å². The van der Waals surface area contributed by atoms with Gasteiger partial charge in [0.2, 0.25) is 0 Å². The lowest BCUT2D eigenvalue weighted by atomic mass is 10.0. The molecule has 0 aromatic carbocycles. The number of hydrogen-bond acceptors (Lipinski definition) is 6. The SMILES string of the molecule is CCCCC/C=C\C/C=C\CCCCCCCC(=O)O[C@H](COC(=O)CCCCCCC/C=C\CCCCCCCC)COC(=O)CCCCCCCCCCCCCCCCC. The molecule has 0 unspecified atom stereocenters. The maximum Gasteiger partial charge on any atom is 0.306 e. The Morgan fingerprint density at radius 1 is 0.317 bits per heavy atom. The molecule has 0 saturated heterocycles. The topological polar surface area (TPSA) is 78.9 Å². The standard InChI is InChI=1S/C57H104O6/c1-4-7-10-13-16-19-22-25-28-31-34-37-40-43-46-49-55(58)61-52-54(63-57(60)51-48-45-42-39-36-33-30-27-24-21-18-15-12-9-6-3)53-62-56(59)50-47-44-41-38-35-32-29-26-23-20-17-14-11-8-5-2/h18,21,25,27-28,30,54H,4-17,19-20,22-24,26,29,31-53H2,1-3H3/b21-18-,28-25-,30-27-/t54-/m1/s1. The molecule has 0 aliphatic heterocycles. The van der Waals surface area contributed by atoms with E-state index in [0.29, 0.717) is 19.3 Å². The molecule has 0 amide bonds. The summed E-state index contributed by atoms with van der Waals surface area (Å²) in [4.78, 5) is 38.0. The molecule has 0 saturated carbocycles. The minimum atomic E-state index is -0.779. The predicted molar refractivity (Wildman–Crippen MR) is 270 cm³/mol. The van der Waals surface area contributed by atoms with Gasteiger partial charge in [0.05, 0.1) is 0 Å². The van der Waals surface area contributed by atoms with Gasteiger partial charge in [-0.1, -0.05) is 231 Å². The highest BCUT2D eigenvalue weighted by atomic mass is 16.6. The number of ether oxygens (including phenoxy) is 3. The van der Waals surface area contributed by atoms with Gasteiger partial charge in [0, 0.05) is 19.3 Å². The number of hydrogen-bond donors (Lipinski definition) is 0. The summed E-state index contributed by atoms with van der Waals surface area (Å²) in [7, 11) is 0. The van der Waals surface area contributed by atoms with Gasteiger partial charge >= 0.3 is 17.9 Å². The van der Waals surface area contributed by atoms with Crippen molar-refractivity contribution in [2.45, 2.75) is 297 Å². The van der Waals surface area contributed by atoms with Crippen molar-refractivity contribution in [1.82, 2.24) is 0 Å². The van der Waals surface area contributed by atoms with E-state index in [0.717, 1.165) is 89.9 Å². The molecule has 0 rings (SSSR count). The van der Waals surface area contributed by atoms with E-state index in [9.17, 15) is 14.4 Å². The first kappa shape index (κ1) is 60.6. The lowest BCUT2D eigenvalue weighted by Crippen LogP contribution is -2.30. The molecule has 0 aromatic heterocycles. The van der Waals surface area contributed by atoms with Gasteiger partial charge in [-0.15, -0.1) is 0 Å². The van der Waals surface area contributed by atoms with Crippen LogP contribution in [0, 0.1) is 0 Å². The summed E-state index contributed by atoms with van der Waals surface area (Å²) in [6.07, 6.45) is 61.2. The Hall–Kier alpha value is -2.37. The third-order valence-corrected chi connectivity index (χ3v) is 12.1. The van der Waals surface area contributed by atoms with Gasteiger partial charge in [0.1, 0.15) is 13.2 Å². The van der Waals surface area contributed by atoms with Crippen LogP contribution in [0.3, 0.4) is 0 Å². The molecule has 1 atom stereocenters. The molecule has 0 aromatic rings. The fraction of sp³-hybridized carbons (Fsp3) is 0.842.